The Labute approximate surface area is 100 Å². The molecular formula is C13H17N3O. The van der Waals surface area contributed by atoms with E-state index < -0.39 is 0 Å². The van der Waals surface area contributed by atoms with Crippen molar-refractivity contribution in [1.82, 2.24) is 15.0 Å². The van der Waals surface area contributed by atoms with Gasteiger partial charge in [0.1, 0.15) is 17.6 Å². The van der Waals surface area contributed by atoms with Crippen molar-refractivity contribution in [3.63, 3.8) is 0 Å². The van der Waals surface area contributed by atoms with Gasteiger partial charge in [-0.3, -0.25) is 0 Å². The van der Waals surface area contributed by atoms with Gasteiger partial charge in [0.25, 0.3) is 0 Å². The van der Waals surface area contributed by atoms with E-state index >= 15 is 0 Å². The van der Waals surface area contributed by atoms with Gasteiger partial charge in [-0.1, -0.05) is 6.42 Å². The molecule has 1 aliphatic carbocycles. The van der Waals surface area contributed by atoms with Crippen LogP contribution in [0.4, 0.5) is 0 Å². The number of nitrogens with one attached hydrogen (secondary N) is 1. The highest BCUT2D eigenvalue weighted by molar-refractivity contribution is 5.80. The third-order valence-electron chi connectivity index (χ3n) is 3.32. The third-order valence-corrected chi connectivity index (χ3v) is 3.32. The largest absolute Gasteiger partial charge is 0.474 e. The van der Waals surface area contributed by atoms with Crippen LogP contribution in [0, 0.1) is 6.92 Å². The molecule has 0 aliphatic heterocycles. The predicted molar refractivity (Wildman–Crippen MR) is 66.1 cm³/mol. The number of nitrogens with zero attached hydrogens (tertiary/aromatic N) is 2. The lowest BCUT2D eigenvalue weighted by molar-refractivity contribution is 0.150. The highest BCUT2D eigenvalue weighted by Gasteiger charge is 2.17. The van der Waals surface area contributed by atoms with Crippen molar-refractivity contribution in [2.45, 2.75) is 45.1 Å². The van der Waals surface area contributed by atoms with E-state index in [1.54, 1.807) is 0 Å². The number of H-pyrrole nitrogens is 1. The Morgan fingerprint density at radius 1 is 1.24 bits per heavy atom. The van der Waals surface area contributed by atoms with Crippen LogP contribution in [-0.4, -0.2) is 21.1 Å². The minimum Gasteiger partial charge on any atom is -0.474 e. The lowest BCUT2D eigenvalue weighted by Gasteiger charge is -2.22. The topological polar surface area (TPSA) is 50.8 Å². The van der Waals surface area contributed by atoms with E-state index in [-0.39, 0.29) is 0 Å². The fourth-order valence-electron chi connectivity index (χ4n) is 2.45. The van der Waals surface area contributed by atoms with Gasteiger partial charge in [0.2, 0.25) is 5.88 Å². The molecule has 17 heavy (non-hydrogen) atoms. The molecule has 4 nitrogen and oxygen atoms in total. The molecule has 0 atom stereocenters. The van der Waals surface area contributed by atoms with Crippen molar-refractivity contribution in [3.05, 3.63) is 18.1 Å². The molecule has 1 N–H and O–H groups in total. The summed E-state index contributed by atoms with van der Waals surface area (Å²) in [7, 11) is 0. The Bertz CT molecular complexity index is 514. The standard InChI is InChI=1S/C13H17N3O/c1-9-15-12-11(7-8-14-12)13(16-9)17-10-5-3-2-4-6-10/h7-8,10H,2-6H2,1H3,(H,14,15,16). The second-order valence-corrected chi connectivity index (χ2v) is 4.69. The summed E-state index contributed by atoms with van der Waals surface area (Å²) in [5, 5.41) is 0.987. The summed E-state index contributed by atoms with van der Waals surface area (Å²) in [4.78, 5) is 11.9. The zero-order valence-electron chi connectivity index (χ0n) is 10.1. The Morgan fingerprint density at radius 2 is 2.06 bits per heavy atom. The molecule has 0 aromatic carbocycles. The van der Waals surface area contributed by atoms with Crippen molar-refractivity contribution in [2.75, 3.05) is 0 Å². The van der Waals surface area contributed by atoms with Crippen LogP contribution >= 0.6 is 0 Å². The van der Waals surface area contributed by atoms with Crippen LogP contribution in [0.3, 0.4) is 0 Å². The number of rotatable bonds is 2. The fraction of sp³-hybridized carbons (Fsp3) is 0.538. The Morgan fingerprint density at radius 3 is 2.88 bits per heavy atom. The van der Waals surface area contributed by atoms with Crippen LogP contribution < -0.4 is 4.74 Å². The van der Waals surface area contributed by atoms with Gasteiger partial charge in [-0.25, -0.2) is 4.98 Å². The third kappa shape index (κ3) is 2.12. The summed E-state index contributed by atoms with van der Waals surface area (Å²) < 4.78 is 6.04. The molecule has 3 rings (SSSR count). The van der Waals surface area contributed by atoms with Crippen LogP contribution in [0.5, 0.6) is 5.88 Å². The maximum atomic E-state index is 6.04. The van der Waals surface area contributed by atoms with Crippen molar-refractivity contribution >= 4 is 11.0 Å². The number of aryl methyl sites for hydroxylation is 1. The number of aromatic nitrogens is 3. The fourth-order valence-corrected chi connectivity index (χ4v) is 2.45. The molecule has 0 unspecified atom stereocenters. The van der Waals surface area contributed by atoms with Crippen molar-refractivity contribution in [2.24, 2.45) is 0 Å². The number of hydrogen-bond acceptors (Lipinski definition) is 3. The first-order valence-corrected chi connectivity index (χ1v) is 6.31. The summed E-state index contributed by atoms with van der Waals surface area (Å²) in [6.07, 6.45) is 8.38. The van der Waals surface area contributed by atoms with Gasteiger partial charge >= 0.3 is 0 Å². The number of fused-ring (bicyclic) bond motifs is 1. The van der Waals surface area contributed by atoms with Crippen LogP contribution in [0.15, 0.2) is 12.3 Å². The van der Waals surface area contributed by atoms with Gasteiger partial charge in [-0.15, -0.1) is 0 Å². The molecule has 1 fully saturated rings. The first kappa shape index (κ1) is 10.6. The molecule has 0 amide bonds. The Balaban J connectivity index is 1.90. The van der Waals surface area contributed by atoms with Gasteiger partial charge < -0.3 is 9.72 Å². The lowest BCUT2D eigenvalue weighted by Crippen LogP contribution is -2.20. The zero-order valence-corrected chi connectivity index (χ0v) is 10.1. The SMILES string of the molecule is Cc1nc(OC2CCCCC2)c2cc[nH]c2n1. The minimum absolute atomic E-state index is 0.330. The normalized spacial score (nSPS) is 17.5. The lowest BCUT2D eigenvalue weighted by atomic mass is 9.98. The maximum absolute atomic E-state index is 6.04. The van der Waals surface area contributed by atoms with E-state index in [0.717, 1.165) is 35.6 Å². The smallest absolute Gasteiger partial charge is 0.226 e. The summed E-state index contributed by atoms with van der Waals surface area (Å²) >= 11 is 0. The summed E-state index contributed by atoms with van der Waals surface area (Å²) in [5.41, 5.74) is 0.864. The Hall–Kier alpha value is -1.58. The number of ether oxygens (including phenoxy) is 1. The van der Waals surface area contributed by atoms with E-state index in [0.29, 0.717) is 6.10 Å². The molecule has 1 aliphatic rings. The van der Waals surface area contributed by atoms with Gasteiger partial charge in [-0.2, -0.15) is 4.98 Å². The molecule has 90 valence electrons. The molecular weight excluding hydrogens is 214 g/mol. The van der Waals surface area contributed by atoms with Crippen molar-refractivity contribution < 1.29 is 4.74 Å². The van der Waals surface area contributed by atoms with E-state index in [2.05, 4.69) is 15.0 Å². The van der Waals surface area contributed by atoms with E-state index in [1.807, 2.05) is 19.2 Å². The first-order chi connectivity index (χ1) is 8.33. The average Bonchev–Trinajstić information content (AvgIpc) is 2.78. The molecule has 0 spiro atoms. The second-order valence-electron chi connectivity index (χ2n) is 4.69. The molecule has 2 heterocycles. The van der Waals surface area contributed by atoms with Crippen LogP contribution in [0.25, 0.3) is 11.0 Å². The van der Waals surface area contributed by atoms with E-state index in [4.69, 9.17) is 4.74 Å². The molecule has 2 aromatic rings. The van der Waals surface area contributed by atoms with Gasteiger partial charge in [0.05, 0.1) is 5.39 Å². The summed E-state index contributed by atoms with van der Waals surface area (Å²) in [6, 6.07) is 1.98. The van der Waals surface area contributed by atoms with Crippen molar-refractivity contribution in [1.29, 1.82) is 0 Å². The molecule has 1 saturated carbocycles. The Kier molecular flexibility index (Phi) is 2.71. The minimum atomic E-state index is 0.330. The van der Waals surface area contributed by atoms with Gasteiger partial charge in [0.15, 0.2) is 0 Å². The molecule has 4 heteroatoms. The van der Waals surface area contributed by atoms with Crippen LogP contribution in [0.2, 0.25) is 0 Å². The predicted octanol–water partition coefficient (Wildman–Crippen LogP) is 2.98. The van der Waals surface area contributed by atoms with Crippen LogP contribution in [-0.2, 0) is 0 Å². The second kappa shape index (κ2) is 4.35. The molecule has 0 radical (unpaired) electrons. The number of aromatic amines is 1. The summed E-state index contributed by atoms with van der Waals surface area (Å²) in [6.45, 7) is 1.90. The van der Waals surface area contributed by atoms with E-state index in [9.17, 15) is 0 Å². The molecule has 2 aromatic heterocycles. The van der Waals surface area contributed by atoms with Gasteiger partial charge in [-0.05, 0) is 38.7 Å². The van der Waals surface area contributed by atoms with Crippen molar-refractivity contribution in [3.8, 4) is 5.88 Å². The van der Waals surface area contributed by atoms with Gasteiger partial charge in [0, 0.05) is 6.20 Å². The quantitative estimate of drug-likeness (QED) is 0.864. The highest BCUT2D eigenvalue weighted by atomic mass is 16.5. The zero-order chi connectivity index (χ0) is 11.7. The monoisotopic (exact) mass is 231 g/mol. The van der Waals surface area contributed by atoms with Crippen LogP contribution in [0.1, 0.15) is 37.9 Å². The highest BCUT2D eigenvalue weighted by Crippen LogP contribution is 2.26. The molecule has 0 bridgehead atoms. The van der Waals surface area contributed by atoms with E-state index in [1.165, 1.54) is 19.3 Å². The number of hydrogen-bond donors (Lipinski definition) is 1. The maximum Gasteiger partial charge on any atom is 0.226 e. The average molecular weight is 231 g/mol. The summed E-state index contributed by atoms with van der Waals surface area (Å²) in [5.74, 6) is 1.49. The first-order valence-electron chi connectivity index (χ1n) is 6.31. The molecule has 0 saturated heterocycles.